The summed E-state index contributed by atoms with van der Waals surface area (Å²) in [6.45, 7) is 17.0. The molecule has 2 rings (SSSR count). The number of aliphatic hydroxyl groups excluding tert-OH is 1. The average Bonchev–Trinajstić information content (AvgIpc) is 2.36. The summed E-state index contributed by atoms with van der Waals surface area (Å²) in [5.74, 6) is 1.78. The molecule has 0 aliphatic heterocycles. The highest BCUT2D eigenvalue weighted by Crippen LogP contribution is 2.40. The molecule has 2 unspecified atom stereocenters. The number of rotatable bonds is 4. The normalized spacial score (nSPS) is 42.9. The molecule has 2 aliphatic rings. The minimum atomic E-state index is -0.310. The molecule has 22 heavy (non-hydrogen) atoms. The van der Waals surface area contributed by atoms with Gasteiger partial charge in [-0.15, -0.1) is 0 Å². The molecule has 2 saturated carbocycles. The molecule has 2 aliphatic carbocycles. The fraction of sp³-hybridized carbons (Fsp3) is 0.800. The molecule has 0 heterocycles. The zero-order chi connectivity index (χ0) is 16.4. The lowest BCUT2D eigenvalue weighted by molar-refractivity contribution is -0.122. The number of hydrogen-bond acceptors (Lipinski definition) is 2. The Balaban J connectivity index is 2.13. The lowest BCUT2D eigenvalue weighted by Crippen LogP contribution is -2.45. The number of aliphatic hydroxyl groups is 1. The Bertz CT molecular complexity index is 414. The van der Waals surface area contributed by atoms with Gasteiger partial charge in [0.15, 0.2) is 0 Å². The molecule has 0 aromatic carbocycles. The van der Waals surface area contributed by atoms with Crippen molar-refractivity contribution in [2.75, 3.05) is 0 Å². The molecule has 0 saturated heterocycles. The highest BCUT2D eigenvalue weighted by Gasteiger charge is 2.40. The van der Waals surface area contributed by atoms with Crippen molar-refractivity contribution in [2.45, 2.75) is 78.1 Å². The first-order valence-corrected chi connectivity index (χ1v) is 8.93. The van der Waals surface area contributed by atoms with Crippen molar-refractivity contribution in [3.8, 4) is 0 Å². The molecule has 126 valence electrons. The Morgan fingerprint density at radius 1 is 0.909 bits per heavy atom. The van der Waals surface area contributed by atoms with E-state index in [1.807, 2.05) is 6.92 Å². The molecule has 0 bridgehead atoms. The Morgan fingerprint density at radius 3 is 2.14 bits per heavy atom. The lowest BCUT2D eigenvalue weighted by atomic mass is 9.74. The van der Waals surface area contributed by atoms with Gasteiger partial charge in [-0.25, -0.2) is 0 Å². The van der Waals surface area contributed by atoms with E-state index in [0.29, 0.717) is 11.8 Å². The van der Waals surface area contributed by atoms with Crippen LogP contribution in [0.4, 0.5) is 0 Å². The standard InChI is InChI=1S/C20H34O2/c1-12(2)16-8-7-14(5)10-18(16)22-19-11-15(6)9-17(21)20(19)13(3)4/h14-21H,1,3,7-11H2,2,4-6H3/t14-,15-,16-,17-,18+,19?,20?/m1/s1. The van der Waals surface area contributed by atoms with E-state index >= 15 is 0 Å². The zero-order valence-corrected chi connectivity index (χ0v) is 14.8. The summed E-state index contributed by atoms with van der Waals surface area (Å²) in [4.78, 5) is 0. The second-order valence-electron chi connectivity index (χ2n) is 8.10. The van der Waals surface area contributed by atoms with Gasteiger partial charge in [0, 0.05) is 11.8 Å². The van der Waals surface area contributed by atoms with Crippen LogP contribution in [0, 0.1) is 23.7 Å². The highest BCUT2D eigenvalue weighted by atomic mass is 16.5. The van der Waals surface area contributed by atoms with Crippen LogP contribution in [-0.4, -0.2) is 23.4 Å². The van der Waals surface area contributed by atoms with E-state index in [2.05, 4.69) is 33.9 Å². The second-order valence-corrected chi connectivity index (χ2v) is 8.10. The maximum absolute atomic E-state index is 10.5. The summed E-state index contributed by atoms with van der Waals surface area (Å²) in [6, 6.07) is 0. The highest BCUT2D eigenvalue weighted by molar-refractivity contribution is 5.07. The maximum Gasteiger partial charge on any atom is 0.0671 e. The van der Waals surface area contributed by atoms with Gasteiger partial charge in [0.1, 0.15) is 0 Å². The van der Waals surface area contributed by atoms with Gasteiger partial charge in [-0.3, -0.25) is 0 Å². The van der Waals surface area contributed by atoms with Crippen molar-refractivity contribution in [3.05, 3.63) is 24.3 Å². The van der Waals surface area contributed by atoms with E-state index < -0.39 is 0 Å². The molecule has 0 spiro atoms. The van der Waals surface area contributed by atoms with Crippen molar-refractivity contribution in [2.24, 2.45) is 23.7 Å². The Morgan fingerprint density at radius 2 is 1.55 bits per heavy atom. The summed E-state index contributed by atoms with van der Waals surface area (Å²) < 4.78 is 6.61. The van der Waals surface area contributed by atoms with E-state index in [1.54, 1.807) is 0 Å². The Labute approximate surface area is 136 Å². The van der Waals surface area contributed by atoms with Crippen molar-refractivity contribution < 1.29 is 9.84 Å². The third-order valence-corrected chi connectivity index (χ3v) is 5.70. The molecule has 1 N–H and O–H groups in total. The van der Waals surface area contributed by atoms with E-state index in [0.717, 1.165) is 30.8 Å². The Hall–Kier alpha value is -0.600. The topological polar surface area (TPSA) is 29.5 Å². The van der Waals surface area contributed by atoms with Crippen LogP contribution >= 0.6 is 0 Å². The van der Waals surface area contributed by atoms with Gasteiger partial charge in [-0.05, 0) is 57.8 Å². The molecule has 0 aromatic heterocycles. The minimum Gasteiger partial charge on any atom is -0.392 e. The third kappa shape index (κ3) is 4.02. The summed E-state index contributed by atoms with van der Waals surface area (Å²) in [7, 11) is 0. The molecule has 0 amide bonds. The monoisotopic (exact) mass is 306 g/mol. The van der Waals surface area contributed by atoms with Gasteiger partial charge >= 0.3 is 0 Å². The smallest absolute Gasteiger partial charge is 0.0671 e. The number of ether oxygens (including phenoxy) is 1. The van der Waals surface area contributed by atoms with E-state index in [9.17, 15) is 5.11 Å². The summed E-state index contributed by atoms with van der Waals surface area (Å²) in [6.07, 6.45) is 5.51. The first-order valence-electron chi connectivity index (χ1n) is 8.93. The molecule has 2 fully saturated rings. The predicted octanol–water partition coefficient (Wildman–Crippen LogP) is 4.74. The number of hydrogen-bond donors (Lipinski definition) is 1. The first-order chi connectivity index (χ1) is 10.3. The third-order valence-electron chi connectivity index (χ3n) is 5.70. The second kappa shape index (κ2) is 7.31. The minimum absolute atomic E-state index is 0.0826. The fourth-order valence-electron chi connectivity index (χ4n) is 4.50. The van der Waals surface area contributed by atoms with E-state index in [1.165, 1.54) is 18.4 Å². The molecular formula is C20H34O2. The van der Waals surface area contributed by atoms with Gasteiger partial charge in [-0.1, -0.05) is 38.2 Å². The maximum atomic E-state index is 10.5. The van der Waals surface area contributed by atoms with Crippen molar-refractivity contribution in [1.82, 2.24) is 0 Å². The van der Waals surface area contributed by atoms with E-state index in [4.69, 9.17) is 4.74 Å². The van der Waals surface area contributed by atoms with Crippen LogP contribution in [0.15, 0.2) is 24.3 Å². The molecule has 2 heteroatoms. The van der Waals surface area contributed by atoms with Gasteiger partial charge in [0.25, 0.3) is 0 Å². The van der Waals surface area contributed by atoms with Crippen LogP contribution in [0.2, 0.25) is 0 Å². The molecular weight excluding hydrogens is 272 g/mol. The summed E-state index contributed by atoms with van der Waals surface area (Å²) in [5.41, 5.74) is 2.30. The van der Waals surface area contributed by atoms with Crippen molar-refractivity contribution >= 4 is 0 Å². The van der Waals surface area contributed by atoms with Gasteiger partial charge in [-0.2, -0.15) is 0 Å². The zero-order valence-electron chi connectivity index (χ0n) is 14.8. The van der Waals surface area contributed by atoms with Crippen molar-refractivity contribution in [1.29, 1.82) is 0 Å². The lowest BCUT2D eigenvalue weighted by Gasteiger charge is -2.44. The molecule has 7 atom stereocenters. The summed E-state index contributed by atoms with van der Waals surface area (Å²) in [5, 5.41) is 10.5. The first kappa shape index (κ1) is 17.7. The summed E-state index contributed by atoms with van der Waals surface area (Å²) >= 11 is 0. The fourth-order valence-corrected chi connectivity index (χ4v) is 4.50. The van der Waals surface area contributed by atoms with Crippen LogP contribution in [0.25, 0.3) is 0 Å². The van der Waals surface area contributed by atoms with Crippen LogP contribution in [-0.2, 0) is 4.74 Å². The predicted molar refractivity (Wildman–Crippen MR) is 92.7 cm³/mol. The Kier molecular flexibility index (Phi) is 5.90. The van der Waals surface area contributed by atoms with Crippen LogP contribution in [0.1, 0.15) is 59.8 Å². The SMILES string of the molecule is C=C(C)C1C(O[C@H]2C[C@H](C)CC[C@@H]2C(=C)C)C[C@H](C)C[C@H]1O. The molecule has 2 nitrogen and oxygen atoms in total. The van der Waals surface area contributed by atoms with Gasteiger partial charge in [0.05, 0.1) is 18.3 Å². The van der Waals surface area contributed by atoms with Gasteiger partial charge < -0.3 is 9.84 Å². The molecule has 0 aromatic rings. The largest absolute Gasteiger partial charge is 0.392 e. The average molecular weight is 306 g/mol. The van der Waals surface area contributed by atoms with E-state index in [-0.39, 0.29) is 24.2 Å². The van der Waals surface area contributed by atoms with Gasteiger partial charge in [0.2, 0.25) is 0 Å². The van der Waals surface area contributed by atoms with Crippen LogP contribution < -0.4 is 0 Å². The quantitative estimate of drug-likeness (QED) is 0.760. The van der Waals surface area contributed by atoms with Crippen molar-refractivity contribution in [3.63, 3.8) is 0 Å². The van der Waals surface area contributed by atoms with Crippen LogP contribution in [0.5, 0.6) is 0 Å². The molecule has 0 radical (unpaired) electrons. The van der Waals surface area contributed by atoms with Crippen LogP contribution in [0.3, 0.4) is 0 Å².